The summed E-state index contributed by atoms with van der Waals surface area (Å²) in [5.74, 6) is 1.58. The molecule has 21 heavy (non-hydrogen) atoms. The highest BCUT2D eigenvalue weighted by molar-refractivity contribution is 5.35. The Morgan fingerprint density at radius 1 is 1.24 bits per heavy atom. The normalized spacial score (nSPS) is 11.6. The molecule has 1 N–H and O–H groups in total. The summed E-state index contributed by atoms with van der Waals surface area (Å²) in [6.07, 6.45) is 1.71. The van der Waals surface area contributed by atoms with Gasteiger partial charge in [0.2, 0.25) is 0 Å². The molecule has 3 aromatic rings. The third-order valence-electron chi connectivity index (χ3n) is 3.20. The Kier molecular flexibility index (Phi) is 3.62. The van der Waals surface area contributed by atoms with Crippen LogP contribution in [0.25, 0.3) is 5.65 Å². The minimum atomic E-state index is -0.163. The number of pyridine rings is 1. The zero-order valence-electron chi connectivity index (χ0n) is 12.1. The van der Waals surface area contributed by atoms with E-state index in [2.05, 4.69) is 24.3 Å². The predicted molar refractivity (Wildman–Crippen MR) is 79.2 cm³/mol. The third kappa shape index (κ3) is 2.90. The molecule has 3 aromatic heterocycles. The second-order valence-corrected chi connectivity index (χ2v) is 5.27. The number of rotatable bonds is 5. The first-order valence-corrected chi connectivity index (χ1v) is 6.98. The number of hydrogen-bond acceptors (Lipinski definition) is 4. The molecule has 0 aromatic carbocycles. The summed E-state index contributed by atoms with van der Waals surface area (Å²) in [4.78, 5) is 12.2. The van der Waals surface area contributed by atoms with Crippen molar-refractivity contribution in [3.63, 3.8) is 0 Å². The summed E-state index contributed by atoms with van der Waals surface area (Å²) < 4.78 is 8.65. The van der Waals surface area contributed by atoms with E-state index in [4.69, 9.17) is 4.42 Å². The summed E-state index contributed by atoms with van der Waals surface area (Å²) in [5, 5.41) is 7.57. The number of aromatic nitrogens is 3. The summed E-state index contributed by atoms with van der Waals surface area (Å²) in [6.45, 7) is 5.18. The Bertz CT molecular complexity index is 797. The van der Waals surface area contributed by atoms with E-state index in [1.165, 1.54) is 9.08 Å². The third-order valence-corrected chi connectivity index (χ3v) is 3.20. The van der Waals surface area contributed by atoms with Crippen LogP contribution in [0.5, 0.6) is 0 Å². The SMILES string of the molecule is CC(C)NCc1ccc(Cn2nc3ccccn3c2=O)o1. The van der Waals surface area contributed by atoms with Crippen LogP contribution in [0.4, 0.5) is 0 Å². The second-order valence-electron chi connectivity index (χ2n) is 5.27. The molecule has 0 aliphatic rings. The lowest BCUT2D eigenvalue weighted by Gasteiger charge is -2.04. The minimum Gasteiger partial charge on any atom is -0.463 e. The maximum Gasteiger partial charge on any atom is 0.350 e. The Labute approximate surface area is 122 Å². The Balaban J connectivity index is 1.79. The van der Waals surface area contributed by atoms with Gasteiger partial charge in [0.25, 0.3) is 0 Å². The summed E-state index contributed by atoms with van der Waals surface area (Å²) >= 11 is 0. The van der Waals surface area contributed by atoms with Gasteiger partial charge in [-0.05, 0) is 24.3 Å². The molecule has 0 amide bonds. The number of furan rings is 1. The smallest absolute Gasteiger partial charge is 0.350 e. The van der Waals surface area contributed by atoms with Gasteiger partial charge in [-0.1, -0.05) is 19.9 Å². The quantitative estimate of drug-likeness (QED) is 0.774. The predicted octanol–water partition coefficient (Wildman–Crippen LogP) is 1.64. The minimum absolute atomic E-state index is 0.163. The zero-order valence-corrected chi connectivity index (χ0v) is 12.1. The van der Waals surface area contributed by atoms with Gasteiger partial charge in [-0.15, -0.1) is 5.10 Å². The fraction of sp³-hybridized carbons (Fsp3) is 0.333. The number of hydrogen-bond donors (Lipinski definition) is 1. The van der Waals surface area contributed by atoms with Crippen LogP contribution in [0.2, 0.25) is 0 Å². The van der Waals surface area contributed by atoms with Crippen LogP contribution >= 0.6 is 0 Å². The Morgan fingerprint density at radius 3 is 2.81 bits per heavy atom. The lowest BCUT2D eigenvalue weighted by molar-refractivity contribution is 0.419. The number of nitrogens with zero attached hydrogens (tertiary/aromatic N) is 3. The molecule has 3 heterocycles. The second kappa shape index (κ2) is 5.57. The Morgan fingerprint density at radius 2 is 2.05 bits per heavy atom. The van der Waals surface area contributed by atoms with Gasteiger partial charge in [0.1, 0.15) is 18.1 Å². The van der Waals surface area contributed by atoms with Crippen molar-refractivity contribution in [3.8, 4) is 0 Å². The standard InChI is InChI=1S/C15H18N4O2/c1-11(2)16-9-12-6-7-13(21-12)10-19-15(20)18-8-4-3-5-14(18)17-19/h3-8,11,16H,9-10H2,1-2H3. The van der Waals surface area contributed by atoms with E-state index in [1.54, 1.807) is 12.3 Å². The molecule has 0 saturated heterocycles. The van der Waals surface area contributed by atoms with Crippen LogP contribution in [0, 0.1) is 0 Å². The summed E-state index contributed by atoms with van der Waals surface area (Å²) in [7, 11) is 0. The van der Waals surface area contributed by atoms with Crippen molar-refractivity contribution in [2.75, 3.05) is 0 Å². The molecule has 0 bridgehead atoms. The molecular formula is C15H18N4O2. The molecule has 0 spiro atoms. The zero-order chi connectivity index (χ0) is 14.8. The van der Waals surface area contributed by atoms with Gasteiger partial charge in [0.05, 0.1) is 6.54 Å². The maximum atomic E-state index is 12.2. The molecule has 110 valence electrons. The van der Waals surface area contributed by atoms with E-state index in [1.807, 2.05) is 24.3 Å². The van der Waals surface area contributed by atoms with Crippen LogP contribution in [-0.4, -0.2) is 20.2 Å². The van der Waals surface area contributed by atoms with Crippen molar-refractivity contribution >= 4 is 5.65 Å². The topological polar surface area (TPSA) is 64.5 Å². The van der Waals surface area contributed by atoms with Crippen LogP contribution in [-0.2, 0) is 13.1 Å². The molecular weight excluding hydrogens is 268 g/mol. The van der Waals surface area contributed by atoms with Gasteiger partial charge in [-0.2, -0.15) is 0 Å². The fourth-order valence-corrected chi connectivity index (χ4v) is 2.13. The van der Waals surface area contributed by atoms with Crippen molar-refractivity contribution in [3.05, 3.63) is 58.5 Å². The van der Waals surface area contributed by atoms with Gasteiger partial charge < -0.3 is 9.73 Å². The lowest BCUT2D eigenvalue weighted by atomic mass is 10.3. The van der Waals surface area contributed by atoms with Crippen molar-refractivity contribution in [1.82, 2.24) is 19.5 Å². The first-order valence-electron chi connectivity index (χ1n) is 6.98. The molecule has 6 nitrogen and oxygen atoms in total. The first-order chi connectivity index (χ1) is 10.1. The maximum absolute atomic E-state index is 12.2. The molecule has 0 aliphatic heterocycles. The van der Waals surface area contributed by atoms with Crippen LogP contribution in [0.1, 0.15) is 25.4 Å². The first kappa shape index (κ1) is 13.6. The van der Waals surface area contributed by atoms with E-state index < -0.39 is 0 Å². The molecule has 0 fully saturated rings. The molecule has 0 radical (unpaired) electrons. The largest absolute Gasteiger partial charge is 0.463 e. The highest BCUT2D eigenvalue weighted by Gasteiger charge is 2.09. The van der Waals surface area contributed by atoms with Crippen molar-refractivity contribution in [1.29, 1.82) is 0 Å². The van der Waals surface area contributed by atoms with Crippen LogP contribution in [0.3, 0.4) is 0 Å². The number of nitrogens with one attached hydrogen (secondary N) is 1. The highest BCUT2D eigenvalue weighted by atomic mass is 16.3. The Hall–Kier alpha value is -2.34. The number of fused-ring (bicyclic) bond motifs is 1. The molecule has 0 aliphatic carbocycles. The summed E-state index contributed by atoms with van der Waals surface area (Å²) in [6, 6.07) is 9.68. The molecule has 0 atom stereocenters. The fourth-order valence-electron chi connectivity index (χ4n) is 2.13. The average Bonchev–Trinajstić information content (AvgIpc) is 3.03. The van der Waals surface area contributed by atoms with Gasteiger partial charge in [0, 0.05) is 12.2 Å². The van der Waals surface area contributed by atoms with Gasteiger partial charge in [0.15, 0.2) is 5.65 Å². The molecule has 0 unspecified atom stereocenters. The monoisotopic (exact) mass is 286 g/mol. The van der Waals surface area contributed by atoms with Gasteiger partial charge in [-0.3, -0.25) is 4.40 Å². The summed E-state index contributed by atoms with van der Waals surface area (Å²) in [5.41, 5.74) is 0.472. The van der Waals surface area contributed by atoms with E-state index in [9.17, 15) is 4.79 Å². The van der Waals surface area contributed by atoms with E-state index in [0.29, 0.717) is 24.8 Å². The van der Waals surface area contributed by atoms with Crippen molar-refractivity contribution in [2.24, 2.45) is 0 Å². The van der Waals surface area contributed by atoms with Crippen LogP contribution < -0.4 is 11.0 Å². The van der Waals surface area contributed by atoms with Crippen molar-refractivity contribution < 1.29 is 4.42 Å². The molecule has 0 saturated carbocycles. The van der Waals surface area contributed by atoms with Gasteiger partial charge >= 0.3 is 5.69 Å². The van der Waals surface area contributed by atoms with E-state index in [0.717, 1.165) is 11.5 Å². The molecule has 6 heteroatoms. The van der Waals surface area contributed by atoms with Crippen LogP contribution in [0.15, 0.2) is 45.7 Å². The average molecular weight is 286 g/mol. The van der Waals surface area contributed by atoms with Crippen molar-refractivity contribution in [2.45, 2.75) is 33.0 Å². The molecule has 3 rings (SSSR count). The lowest BCUT2D eigenvalue weighted by Crippen LogP contribution is -2.22. The highest BCUT2D eigenvalue weighted by Crippen LogP contribution is 2.09. The van der Waals surface area contributed by atoms with E-state index >= 15 is 0 Å². The van der Waals surface area contributed by atoms with Gasteiger partial charge in [-0.25, -0.2) is 9.48 Å². The van der Waals surface area contributed by atoms with E-state index in [-0.39, 0.29) is 5.69 Å².